The molecule has 5 heteroatoms. The van der Waals surface area contributed by atoms with Crippen LogP contribution in [0.4, 0.5) is 5.82 Å². The van der Waals surface area contributed by atoms with E-state index in [9.17, 15) is 0 Å². The van der Waals surface area contributed by atoms with Crippen molar-refractivity contribution in [3.8, 4) is 0 Å². The molecular formula is C10H17N3OS. The Bertz CT molecular complexity index is 318. The van der Waals surface area contributed by atoms with Crippen LogP contribution in [0.15, 0.2) is 11.4 Å². The van der Waals surface area contributed by atoms with Gasteiger partial charge >= 0.3 is 0 Å². The summed E-state index contributed by atoms with van der Waals surface area (Å²) >= 11 is 1.62. The van der Waals surface area contributed by atoms with Crippen molar-refractivity contribution >= 4 is 17.6 Å². The zero-order valence-corrected chi connectivity index (χ0v) is 9.92. The van der Waals surface area contributed by atoms with Crippen LogP contribution in [0.3, 0.4) is 0 Å². The number of aromatic nitrogens is 2. The molecule has 1 aromatic rings. The molecule has 0 spiro atoms. The van der Waals surface area contributed by atoms with Gasteiger partial charge < -0.3 is 10.8 Å². The van der Waals surface area contributed by atoms with Gasteiger partial charge in [-0.25, -0.2) is 9.97 Å². The molecule has 0 aromatic carbocycles. The van der Waals surface area contributed by atoms with E-state index < -0.39 is 0 Å². The first-order chi connectivity index (χ1) is 7.16. The topological polar surface area (TPSA) is 72.0 Å². The van der Waals surface area contributed by atoms with Gasteiger partial charge in [0, 0.05) is 17.9 Å². The van der Waals surface area contributed by atoms with Crippen LogP contribution in [-0.2, 0) is 0 Å². The van der Waals surface area contributed by atoms with Gasteiger partial charge in [0.25, 0.3) is 0 Å². The number of hydrogen-bond acceptors (Lipinski definition) is 5. The largest absolute Gasteiger partial charge is 0.396 e. The second-order valence-corrected chi connectivity index (χ2v) is 4.64. The lowest BCUT2D eigenvalue weighted by molar-refractivity contribution is 0.296. The lowest BCUT2D eigenvalue weighted by atomic mass is 10.1. The van der Waals surface area contributed by atoms with Crippen molar-refractivity contribution in [2.45, 2.75) is 31.2 Å². The van der Waals surface area contributed by atoms with Crippen LogP contribution in [0, 0.1) is 0 Å². The minimum atomic E-state index is 0.213. The van der Waals surface area contributed by atoms with Crippen LogP contribution in [0.25, 0.3) is 0 Å². The molecule has 15 heavy (non-hydrogen) atoms. The van der Waals surface area contributed by atoms with Gasteiger partial charge in [-0.1, -0.05) is 13.8 Å². The molecule has 3 N–H and O–H groups in total. The van der Waals surface area contributed by atoms with Gasteiger partial charge in [0.05, 0.1) is 0 Å². The molecule has 1 aromatic heterocycles. The van der Waals surface area contributed by atoms with E-state index in [2.05, 4.69) is 23.8 Å². The molecule has 0 aliphatic rings. The van der Waals surface area contributed by atoms with E-state index in [0.717, 1.165) is 22.8 Å². The summed E-state index contributed by atoms with van der Waals surface area (Å²) in [5.41, 5.74) is 6.83. The number of rotatable bonds is 5. The van der Waals surface area contributed by atoms with E-state index in [1.165, 1.54) is 6.33 Å². The Hall–Kier alpha value is -0.810. The van der Waals surface area contributed by atoms with E-state index in [1.807, 2.05) is 0 Å². The van der Waals surface area contributed by atoms with E-state index in [-0.39, 0.29) is 6.61 Å². The number of aliphatic hydroxyl groups excluding tert-OH is 1. The monoisotopic (exact) mass is 227 g/mol. The van der Waals surface area contributed by atoms with Crippen LogP contribution < -0.4 is 5.73 Å². The zero-order chi connectivity index (χ0) is 11.3. The summed E-state index contributed by atoms with van der Waals surface area (Å²) in [5.74, 6) is 1.74. The third kappa shape index (κ3) is 3.35. The first-order valence-corrected chi connectivity index (χ1v) is 5.99. The molecule has 0 amide bonds. The molecule has 0 bridgehead atoms. The van der Waals surface area contributed by atoms with Crippen molar-refractivity contribution in [1.29, 1.82) is 0 Å². The third-order valence-electron chi connectivity index (χ3n) is 2.00. The lowest BCUT2D eigenvalue weighted by Crippen LogP contribution is -2.03. The highest BCUT2D eigenvalue weighted by Gasteiger charge is 2.12. The first kappa shape index (κ1) is 12.3. The second-order valence-electron chi connectivity index (χ2n) is 3.56. The van der Waals surface area contributed by atoms with Crippen LogP contribution in [0.5, 0.6) is 0 Å². The predicted molar refractivity (Wildman–Crippen MR) is 63.0 cm³/mol. The zero-order valence-electron chi connectivity index (χ0n) is 9.10. The number of hydrogen-bond donors (Lipinski definition) is 2. The highest BCUT2D eigenvalue weighted by atomic mass is 32.2. The van der Waals surface area contributed by atoms with Gasteiger partial charge in [-0.3, -0.25) is 0 Å². The predicted octanol–water partition coefficient (Wildman–Crippen LogP) is 1.66. The van der Waals surface area contributed by atoms with Crippen molar-refractivity contribution < 1.29 is 5.11 Å². The molecule has 0 unspecified atom stereocenters. The van der Waals surface area contributed by atoms with Gasteiger partial charge in [0.1, 0.15) is 17.2 Å². The molecule has 1 heterocycles. The van der Waals surface area contributed by atoms with Crippen molar-refractivity contribution in [3.05, 3.63) is 11.9 Å². The molecule has 0 fully saturated rings. The number of nitrogens with zero attached hydrogens (tertiary/aromatic N) is 2. The summed E-state index contributed by atoms with van der Waals surface area (Å²) in [6.07, 6.45) is 2.26. The van der Waals surface area contributed by atoms with Crippen molar-refractivity contribution in [1.82, 2.24) is 9.97 Å². The minimum absolute atomic E-state index is 0.213. The summed E-state index contributed by atoms with van der Waals surface area (Å²) in [6, 6.07) is 0. The van der Waals surface area contributed by atoms with Crippen LogP contribution in [-0.4, -0.2) is 27.4 Å². The highest BCUT2D eigenvalue weighted by molar-refractivity contribution is 7.99. The normalized spacial score (nSPS) is 10.9. The van der Waals surface area contributed by atoms with Gasteiger partial charge in [0.2, 0.25) is 0 Å². The molecule has 0 aliphatic heterocycles. The Morgan fingerprint density at radius 3 is 2.80 bits per heavy atom. The summed E-state index contributed by atoms with van der Waals surface area (Å²) in [6.45, 7) is 4.36. The summed E-state index contributed by atoms with van der Waals surface area (Å²) < 4.78 is 0. The molecule has 4 nitrogen and oxygen atoms in total. The number of thioether (sulfide) groups is 1. The number of nitrogens with two attached hydrogens (primary N) is 1. The maximum absolute atomic E-state index is 8.71. The number of anilines is 1. The van der Waals surface area contributed by atoms with Crippen molar-refractivity contribution in [2.24, 2.45) is 0 Å². The fraction of sp³-hybridized carbons (Fsp3) is 0.600. The maximum atomic E-state index is 8.71. The number of aliphatic hydroxyl groups is 1. The Labute approximate surface area is 94.3 Å². The molecule has 84 valence electrons. The fourth-order valence-corrected chi connectivity index (χ4v) is 2.37. The SMILES string of the molecule is CC(C)c1c(N)ncnc1SCCCO. The average molecular weight is 227 g/mol. The summed E-state index contributed by atoms with van der Waals surface area (Å²) in [7, 11) is 0. The smallest absolute Gasteiger partial charge is 0.131 e. The third-order valence-corrected chi connectivity index (χ3v) is 3.09. The quantitative estimate of drug-likeness (QED) is 0.454. The van der Waals surface area contributed by atoms with Gasteiger partial charge in [-0.2, -0.15) is 0 Å². The average Bonchev–Trinajstić information content (AvgIpc) is 2.17. The lowest BCUT2D eigenvalue weighted by Gasteiger charge is -2.12. The Morgan fingerprint density at radius 2 is 2.20 bits per heavy atom. The Kier molecular flexibility index (Phi) is 4.84. The molecule has 0 aliphatic carbocycles. The van der Waals surface area contributed by atoms with Crippen molar-refractivity contribution in [2.75, 3.05) is 18.1 Å². The molecule has 0 atom stereocenters. The van der Waals surface area contributed by atoms with Gasteiger partial charge in [-0.05, 0) is 12.3 Å². The van der Waals surface area contributed by atoms with Crippen LogP contribution in [0.1, 0.15) is 31.7 Å². The summed E-state index contributed by atoms with van der Waals surface area (Å²) in [5, 5.41) is 9.64. The first-order valence-electron chi connectivity index (χ1n) is 5.00. The van der Waals surface area contributed by atoms with Crippen molar-refractivity contribution in [3.63, 3.8) is 0 Å². The highest BCUT2D eigenvalue weighted by Crippen LogP contribution is 2.29. The van der Waals surface area contributed by atoms with E-state index >= 15 is 0 Å². The van der Waals surface area contributed by atoms with Gasteiger partial charge in [-0.15, -0.1) is 11.8 Å². The Morgan fingerprint density at radius 1 is 1.47 bits per heavy atom. The molecule has 0 saturated carbocycles. The molecule has 0 saturated heterocycles. The van der Waals surface area contributed by atoms with E-state index in [0.29, 0.717) is 11.7 Å². The molecule has 0 radical (unpaired) electrons. The van der Waals surface area contributed by atoms with Gasteiger partial charge in [0.15, 0.2) is 0 Å². The standard InChI is InChI=1S/C10H17N3OS/c1-7(2)8-9(11)12-6-13-10(8)15-5-3-4-14/h6-7,14H,3-5H2,1-2H3,(H2,11,12,13). The minimum Gasteiger partial charge on any atom is -0.396 e. The summed E-state index contributed by atoms with van der Waals surface area (Å²) in [4.78, 5) is 8.22. The molecule has 1 rings (SSSR count). The fourth-order valence-electron chi connectivity index (χ4n) is 1.28. The van der Waals surface area contributed by atoms with E-state index in [4.69, 9.17) is 10.8 Å². The van der Waals surface area contributed by atoms with Crippen LogP contribution in [0.2, 0.25) is 0 Å². The second kappa shape index (κ2) is 5.92. The van der Waals surface area contributed by atoms with Crippen LogP contribution >= 0.6 is 11.8 Å². The molecular weight excluding hydrogens is 210 g/mol. The van der Waals surface area contributed by atoms with E-state index in [1.54, 1.807) is 11.8 Å². The Balaban J connectivity index is 2.81. The maximum Gasteiger partial charge on any atom is 0.131 e. The number of nitrogen functional groups attached to an aromatic ring is 1.